The Morgan fingerprint density at radius 2 is 1.92 bits per heavy atom. The Morgan fingerprint density at radius 1 is 1.12 bits per heavy atom. The van der Waals surface area contributed by atoms with Crippen molar-refractivity contribution in [1.82, 2.24) is 14.9 Å². The van der Waals surface area contributed by atoms with E-state index in [1.807, 2.05) is 0 Å². The van der Waals surface area contributed by atoms with Crippen LogP contribution in [0.5, 0.6) is 0 Å². The maximum Gasteiger partial charge on any atom is 0.132 e. The number of nitrogens with zero attached hydrogens (tertiary/aromatic N) is 4. The zero-order valence-electron chi connectivity index (χ0n) is 15.6. The van der Waals surface area contributed by atoms with Crippen LogP contribution in [0.25, 0.3) is 0 Å². The number of anilines is 1. The highest BCUT2D eigenvalue weighted by molar-refractivity contribution is 5.40. The summed E-state index contributed by atoms with van der Waals surface area (Å²) >= 11 is 0. The van der Waals surface area contributed by atoms with E-state index < -0.39 is 0 Å². The summed E-state index contributed by atoms with van der Waals surface area (Å²) in [5.74, 6) is 1.51. The standard InChI is InChI=1S/C21H28N4O/c1-24(14-17-5-3-2-4-6-17)19-7-10-25(11-8-19)21-13-20(22-16-23-21)18-9-12-26-15-18/h2-6,13,16,18-19H,7-12,14-15H2,1H3/t18-/m0/s1. The van der Waals surface area contributed by atoms with Gasteiger partial charge in [0.05, 0.1) is 12.3 Å². The molecule has 0 spiro atoms. The van der Waals surface area contributed by atoms with E-state index in [9.17, 15) is 0 Å². The molecular weight excluding hydrogens is 324 g/mol. The molecule has 1 aromatic carbocycles. The minimum absolute atomic E-state index is 0.436. The van der Waals surface area contributed by atoms with Crippen LogP contribution in [0.15, 0.2) is 42.7 Å². The molecule has 0 N–H and O–H groups in total. The highest BCUT2D eigenvalue weighted by Crippen LogP contribution is 2.27. The fourth-order valence-corrected chi connectivity index (χ4v) is 4.06. The topological polar surface area (TPSA) is 41.5 Å². The van der Waals surface area contributed by atoms with Crippen molar-refractivity contribution in [3.8, 4) is 0 Å². The molecule has 0 aliphatic carbocycles. The van der Waals surface area contributed by atoms with Crippen molar-refractivity contribution < 1.29 is 4.74 Å². The third-order valence-corrected chi connectivity index (χ3v) is 5.71. The molecule has 1 atom stereocenters. The zero-order valence-corrected chi connectivity index (χ0v) is 15.6. The maximum atomic E-state index is 5.51. The molecule has 2 fully saturated rings. The Balaban J connectivity index is 1.34. The molecule has 2 saturated heterocycles. The Kier molecular flexibility index (Phi) is 5.46. The van der Waals surface area contributed by atoms with Gasteiger partial charge in [-0.05, 0) is 31.9 Å². The molecule has 2 aliphatic rings. The molecule has 0 unspecified atom stereocenters. The Hall–Kier alpha value is -1.98. The lowest BCUT2D eigenvalue weighted by molar-refractivity contribution is 0.193. The first-order chi connectivity index (χ1) is 12.8. The molecule has 1 aromatic heterocycles. The number of ether oxygens (including phenoxy) is 1. The van der Waals surface area contributed by atoms with E-state index in [1.165, 1.54) is 18.4 Å². The molecule has 0 bridgehead atoms. The monoisotopic (exact) mass is 352 g/mol. The normalized spacial score (nSPS) is 21.5. The van der Waals surface area contributed by atoms with Crippen molar-refractivity contribution in [3.05, 3.63) is 54.0 Å². The molecule has 3 heterocycles. The van der Waals surface area contributed by atoms with Crippen molar-refractivity contribution in [2.45, 2.75) is 37.8 Å². The van der Waals surface area contributed by atoms with E-state index in [2.05, 4.69) is 63.2 Å². The number of hydrogen-bond acceptors (Lipinski definition) is 5. The van der Waals surface area contributed by atoms with Gasteiger partial charge >= 0.3 is 0 Å². The van der Waals surface area contributed by atoms with E-state index in [-0.39, 0.29) is 0 Å². The first-order valence-electron chi connectivity index (χ1n) is 9.68. The largest absolute Gasteiger partial charge is 0.381 e. The molecule has 5 heteroatoms. The summed E-state index contributed by atoms with van der Waals surface area (Å²) in [6, 6.07) is 13.5. The predicted octanol–water partition coefficient (Wildman–Crippen LogP) is 3.08. The van der Waals surface area contributed by atoms with Gasteiger partial charge in [0.1, 0.15) is 12.1 Å². The van der Waals surface area contributed by atoms with Crippen molar-refractivity contribution in [2.24, 2.45) is 0 Å². The van der Waals surface area contributed by atoms with E-state index in [1.54, 1.807) is 6.33 Å². The van der Waals surface area contributed by atoms with Crippen LogP contribution >= 0.6 is 0 Å². The van der Waals surface area contributed by atoms with Crippen LogP contribution < -0.4 is 4.90 Å². The van der Waals surface area contributed by atoms with Gasteiger partial charge in [0.15, 0.2) is 0 Å². The van der Waals surface area contributed by atoms with Crippen molar-refractivity contribution >= 4 is 5.82 Å². The van der Waals surface area contributed by atoms with Crippen molar-refractivity contribution in [1.29, 1.82) is 0 Å². The molecule has 2 aliphatic heterocycles. The fraction of sp³-hybridized carbons (Fsp3) is 0.524. The lowest BCUT2D eigenvalue weighted by Gasteiger charge is -2.37. The highest BCUT2D eigenvalue weighted by atomic mass is 16.5. The first-order valence-corrected chi connectivity index (χ1v) is 9.68. The summed E-state index contributed by atoms with van der Waals surface area (Å²) in [7, 11) is 2.25. The van der Waals surface area contributed by atoms with Gasteiger partial charge in [-0.1, -0.05) is 30.3 Å². The van der Waals surface area contributed by atoms with Crippen LogP contribution in [-0.4, -0.2) is 54.3 Å². The number of piperidine rings is 1. The van der Waals surface area contributed by atoms with Gasteiger partial charge in [0, 0.05) is 44.3 Å². The highest BCUT2D eigenvalue weighted by Gasteiger charge is 2.25. The maximum absolute atomic E-state index is 5.51. The molecule has 26 heavy (non-hydrogen) atoms. The minimum Gasteiger partial charge on any atom is -0.381 e. The van der Waals surface area contributed by atoms with Gasteiger partial charge in [-0.15, -0.1) is 0 Å². The third kappa shape index (κ3) is 4.05. The lowest BCUT2D eigenvalue weighted by Crippen LogP contribution is -2.43. The van der Waals surface area contributed by atoms with Crippen LogP contribution in [0.1, 0.15) is 36.4 Å². The van der Waals surface area contributed by atoms with Gasteiger partial charge in [-0.3, -0.25) is 4.90 Å². The Bertz CT molecular complexity index is 694. The predicted molar refractivity (Wildman–Crippen MR) is 103 cm³/mol. The smallest absolute Gasteiger partial charge is 0.132 e. The number of benzene rings is 1. The van der Waals surface area contributed by atoms with Crippen LogP contribution in [0.2, 0.25) is 0 Å². The fourth-order valence-electron chi connectivity index (χ4n) is 4.06. The SMILES string of the molecule is CN(Cc1ccccc1)C1CCN(c2cc([C@H]3CCOC3)ncn2)CC1. The number of rotatable bonds is 5. The first kappa shape index (κ1) is 17.4. The second-order valence-electron chi connectivity index (χ2n) is 7.48. The molecule has 0 amide bonds. The van der Waals surface area contributed by atoms with E-state index in [0.717, 1.165) is 50.8 Å². The number of aromatic nitrogens is 2. The molecule has 4 rings (SSSR count). The summed E-state index contributed by atoms with van der Waals surface area (Å²) < 4.78 is 5.51. The van der Waals surface area contributed by atoms with E-state index >= 15 is 0 Å². The molecule has 138 valence electrons. The van der Waals surface area contributed by atoms with Crippen LogP contribution in [0, 0.1) is 0 Å². The quantitative estimate of drug-likeness (QED) is 0.827. The van der Waals surface area contributed by atoms with Gasteiger partial charge in [0.2, 0.25) is 0 Å². The average molecular weight is 352 g/mol. The van der Waals surface area contributed by atoms with E-state index in [0.29, 0.717) is 12.0 Å². The summed E-state index contributed by atoms with van der Waals surface area (Å²) in [5.41, 5.74) is 2.52. The third-order valence-electron chi connectivity index (χ3n) is 5.71. The molecular formula is C21H28N4O. The zero-order chi connectivity index (χ0) is 17.8. The molecule has 0 radical (unpaired) electrons. The minimum atomic E-state index is 0.436. The van der Waals surface area contributed by atoms with Crippen LogP contribution in [0.4, 0.5) is 5.82 Å². The van der Waals surface area contributed by atoms with Crippen LogP contribution in [-0.2, 0) is 11.3 Å². The van der Waals surface area contributed by atoms with Gasteiger partial charge in [0.25, 0.3) is 0 Å². The second kappa shape index (κ2) is 8.14. The van der Waals surface area contributed by atoms with Gasteiger partial charge in [-0.2, -0.15) is 0 Å². The Morgan fingerprint density at radius 3 is 2.65 bits per heavy atom. The Labute approximate surface area is 156 Å². The van der Waals surface area contributed by atoms with Gasteiger partial charge < -0.3 is 9.64 Å². The molecule has 0 saturated carbocycles. The lowest BCUT2D eigenvalue weighted by atomic mass is 10.0. The van der Waals surface area contributed by atoms with Crippen LogP contribution in [0.3, 0.4) is 0 Å². The summed E-state index contributed by atoms with van der Waals surface area (Å²) in [6.07, 6.45) is 5.14. The molecule has 5 nitrogen and oxygen atoms in total. The summed E-state index contributed by atoms with van der Waals surface area (Å²) in [6.45, 7) is 4.78. The number of hydrogen-bond donors (Lipinski definition) is 0. The van der Waals surface area contributed by atoms with Gasteiger partial charge in [-0.25, -0.2) is 9.97 Å². The van der Waals surface area contributed by atoms with E-state index in [4.69, 9.17) is 4.74 Å². The summed E-state index contributed by atoms with van der Waals surface area (Å²) in [4.78, 5) is 13.9. The average Bonchev–Trinajstić information content (AvgIpc) is 3.24. The summed E-state index contributed by atoms with van der Waals surface area (Å²) in [5, 5.41) is 0. The molecule has 2 aromatic rings. The van der Waals surface area contributed by atoms with Crippen molar-refractivity contribution in [2.75, 3.05) is 38.3 Å². The second-order valence-corrected chi connectivity index (χ2v) is 7.48. The van der Waals surface area contributed by atoms with Crippen molar-refractivity contribution in [3.63, 3.8) is 0 Å².